The molecule has 0 atom stereocenters. The van der Waals surface area contributed by atoms with Gasteiger partial charge in [-0.1, -0.05) is 0 Å². The zero-order valence-corrected chi connectivity index (χ0v) is 10.5. The van der Waals surface area contributed by atoms with Crippen molar-refractivity contribution in [2.24, 2.45) is 0 Å². The van der Waals surface area contributed by atoms with Gasteiger partial charge in [0.05, 0.1) is 12.4 Å². The predicted octanol–water partition coefficient (Wildman–Crippen LogP) is 2.81. The van der Waals surface area contributed by atoms with Gasteiger partial charge in [-0.2, -0.15) is 5.10 Å². The maximum absolute atomic E-state index is 5.60. The van der Waals surface area contributed by atoms with E-state index in [-0.39, 0.29) is 0 Å². The van der Waals surface area contributed by atoms with Crippen molar-refractivity contribution in [3.05, 3.63) is 28.5 Å². The van der Waals surface area contributed by atoms with E-state index in [1.54, 1.807) is 17.5 Å². The maximum Gasteiger partial charge on any atom is 0.157 e. The largest absolute Gasteiger partial charge is 0.483 e. The summed E-state index contributed by atoms with van der Waals surface area (Å²) in [5, 5.41) is 7.23. The van der Waals surface area contributed by atoms with Crippen molar-refractivity contribution in [2.75, 3.05) is 0 Å². The number of hydrogen-bond donors (Lipinski definition) is 0. The molecule has 5 heteroatoms. The quantitative estimate of drug-likeness (QED) is 0.821. The highest BCUT2D eigenvalue weighted by Crippen LogP contribution is 2.16. The van der Waals surface area contributed by atoms with Gasteiger partial charge >= 0.3 is 0 Å². The second kappa shape index (κ2) is 4.65. The molecule has 2 aromatic heterocycles. The van der Waals surface area contributed by atoms with Gasteiger partial charge in [0.2, 0.25) is 0 Å². The fourth-order valence-electron chi connectivity index (χ4n) is 1.29. The van der Waals surface area contributed by atoms with Crippen LogP contribution in [-0.2, 0) is 6.61 Å². The van der Waals surface area contributed by atoms with Gasteiger partial charge < -0.3 is 4.74 Å². The molecule has 0 aromatic carbocycles. The number of nitrogens with zero attached hydrogens (tertiary/aromatic N) is 3. The maximum atomic E-state index is 5.60. The van der Waals surface area contributed by atoms with Crippen LogP contribution in [0.25, 0.3) is 0 Å². The second-order valence-corrected chi connectivity index (χ2v) is 4.86. The topological polar surface area (TPSA) is 39.9 Å². The van der Waals surface area contributed by atoms with Crippen LogP contribution in [-0.4, -0.2) is 14.8 Å². The van der Waals surface area contributed by atoms with E-state index in [1.807, 2.05) is 23.2 Å². The van der Waals surface area contributed by atoms with E-state index in [1.165, 1.54) is 0 Å². The first kappa shape index (κ1) is 11.1. The fourth-order valence-corrected chi connectivity index (χ4v) is 1.97. The summed E-state index contributed by atoms with van der Waals surface area (Å²) in [5.41, 5.74) is 1.04. The Kier molecular flexibility index (Phi) is 3.24. The van der Waals surface area contributed by atoms with Crippen LogP contribution in [0.15, 0.2) is 17.8 Å². The van der Waals surface area contributed by atoms with Gasteiger partial charge in [0.15, 0.2) is 5.75 Å². The van der Waals surface area contributed by atoms with E-state index in [9.17, 15) is 0 Å². The standard InChI is InChI=1S/C11H15N3OS/c1-8(2)14-5-10(4-12-14)15-6-11-13-9(3)7-16-11/h4-5,7-8H,6H2,1-3H3. The summed E-state index contributed by atoms with van der Waals surface area (Å²) < 4.78 is 7.48. The fraction of sp³-hybridized carbons (Fsp3) is 0.455. The first-order chi connectivity index (χ1) is 7.65. The first-order valence-corrected chi connectivity index (χ1v) is 6.11. The molecule has 2 heterocycles. The summed E-state index contributed by atoms with van der Waals surface area (Å²) in [4.78, 5) is 4.33. The van der Waals surface area contributed by atoms with Crippen molar-refractivity contribution >= 4 is 11.3 Å². The van der Waals surface area contributed by atoms with E-state index < -0.39 is 0 Å². The summed E-state index contributed by atoms with van der Waals surface area (Å²) in [5.74, 6) is 0.793. The third-order valence-corrected chi connectivity index (χ3v) is 3.08. The summed E-state index contributed by atoms with van der Waals surface area (Å²) in [6.45, 7) is 6.67. The Labute approximate surface area is 98.9 Å². The molecule has 0 aliphatic heterocycles. The van der Waals surface area contributed by atoms with E-state index in [0.29, 0.717) is 12.6 Å². The number of aryl methyl sites for hydroxylation is 1. The lowest BCUT2D eigenvalue weighted by molar-refractivity contribution is 0.304. The van der Waals surface area contributed by atoms with Gasteiger partial charge in [0, 0.05) is 17.1 Å². The van der Waals surface area contributed by atoms with Gasteiger partial charge in [-0.05, 0) is 20.8 Å². The molecule has 0 amide bonds. The van der Waals surface area contributed by atoms with Gasteiger partial charge in [-0.25, -0.2) is 4.98 Å². The van der Waals surface area contributed by atoms with Crippen molar-refractivity contribution in [3.63, 3.8) is 0 Å². The van der Waals surface area contributed by atoms with Crippen molar-refractivity contribution < 1.29 is 4.74 Å². The lowest BCUT2D eigenvalue weighted by Crippen LogP contribution is -2.00. The Morgan fingerprint density at radius 1 is 1.50 bits per heavy atom. The van der Waals surface area contributed by atoms with Gasteiger partial charge in [0.1, 0.15) is 11.6 Å². The van der Waals surface area contributed by atoms with E-state index >= 15 is 0 Å². The van der Waals surface area contributed by atoms with E-state index in [4.69, 9.17) is 4.74 Å². The number of hydrogen-bond acceptors (Lipinski definition) is 4. The Balaban J connectivity index is 1.94. The summed E-state index contributed by atoms with van der Waals surface area (Å²) in [7, 11) is 0. The summed E-state index contributed by atoms with van der Waals surface area (Å²) in [6, 6.07) is 0.361. The molecular weight excluding hydrogens is 222 g/mol. The van der Waals surface area contributed by atoms with Gasteiger partial charge in [-0.3, -0.25) is 4.68 Å². The normalized spacial score (nSPS) is 11.0. The van der Waals surface area contributed by atoms with Crippen molar-refractivity contribution in [2.45, 2.75) is 33.4 Å². The summed E-state index contributed by atoms with van der Waals surface area (Å²) >= 11 is 1.62. The van der Waals surface area contributed by atoms with Crippen LogP contribution in [0.4, 0.5) is 0 Å². The number of ether oxygens (including phenoxy) is 1. The molecule has 0 aliphatic rings. The van der Waals surface area contributed by atoms with Crippen molar-refractivity contribution in [1.82, 2.24) is 14.8 Å². The van der Waals surface area contributed by atoms with Gasteiger partial charge in [-0.15, -0.1) is 11.3 Å². The minimum atomic E-state index is 0.361. The lowest BCUT2D eigenvalue weighted by atomic mass is 10.4. The smallest absolute Gasteiger partial charge is 0.157 e. The number of thiazole rings is 1. The Morgan fingerprint density at radius 2 is 2.31 bits per heavy atom. The van der Waals surface area contributed by atoms with E-state index in [2.05, 4.69) is 23.9 Å². The molecule has 0 fully saturated rings. The molecule has 0 saturated heterocycles. The molecule has 0 radical (unpaired) electrons. The van der Waals surface area contributed by atoms with Crippen LogP contribution < -0.4 is 4.74 Å². The molecule has 0 aliphatic carbocycles. The minimum Gasteiger partial charge on any atom is -0.483 e. The average Bonchev–Trinajstić information content (AvgIpc) is 2.83. The van der Waals surface area contributed by atoms with Crippen LogP contribution in [0.1, 0.15) is 30.6 Å². The Hall–Kier alpha value is -1.36. The van der Waals surface area contributed by atoms with Crippen LogP contribution in [0.2, 0.25) is 0 Å². The van der Waals surface area contributed by atoms with Crippen LogP contribution >= 0.6 is 11.3 Å². The molecule has 0 bridgehead atoms. The molecule has 0 unspecified atom stereocenters. The van der Waals surface area contributed by atoms with Gasteiger partial charge in [0.25, 0.3) is 0 Å². The number of rotatable bonds is 4. The van der Waals surface area contributed by atoms with E-state index in [0.717, 1.165) is 16.5 Å². The van der Waals surface area contributed by atoms with Crippen LogP contribution in [0.5, 0.6) is 5.75 Å². The Bertz CT molecular complexity index is 461. The molecule has 16 heavy (non-hydrogen) atoms. The molecule has 0 saturated carbocycles. The zero-order valence-electron chi connectivity index (χ0n) is 9.67. The van der Waals surface area contributed by atoms with Crippen molar-refractivity contribution in [3.8, 4) is 5.75 Å². The van der Waals surface area contributed by atoms with Crippen LogP contribution in [0, 0.1) is 6.92 Å². The highest BCUT2D eigenvalue weighted by molar-refractivity contribution is 7.09. The highest BCUT2D eigenvalue weighted by atomic mass is 32.1. The lowest BCUT2D eigenvalue weighted by Gasteiger charge is -2.03. The molecule has 4 nitrogen and oxygen atoms in total. The third-order valence-electron chi connectivity index (χ3n) is 2.14. The third kappa shape index (κ3) is 2.61. The highest BCUT2D eigenvalue weighted by Gasteiger charge is 2.04. The predicted molar refractivity (Wildman–Crippen MR) is 63.8 cm³/mol. The van der Waals surface area contributed by atoms with Crippen molar-refractivity contribution in [1.29, 1.82) is 0 Å². The monoisotopic (exact) mass is 237 g/mol. The molecular formula is C11H15N3OS. The summed E-state index contributed by atoms with van der Waals surface area (Å²) in [6.07, 6.45) is 3.64. The minimum absolute atomic E-state index is 0.361. The molecule has 86 valence electrons. The van der Waals surface area contributed by atoms with Crippen LogP contribution in [0.3, 0.4) is 0 Å². The molecule has 0 spiro atoms. The SMILES string of the molecule is Cc1csc(COc2cnn(C(C)C)c2)n1. The Morgan fingerprint density at radius 3 is 2.88 bits per heavy atom. The second-order valence-electron chi connectivity index (χ2n) is 3.92. The number of aromatic nitrogens is 3. The zero-order chi connectivity index (χ0) is 11.5. The molecule has 0 N–H and O–H groups in total. The first-order valence-electron chi connectivity index (χ1n) is 5.23. The molecule has 2 rings (SSSR count). The molecule has 2 aromatic rings. The average molecular weight is 237 g/mol.